The van der Waals surface area contributed by atoms with Gasteiger partial charge in [-0.3, -0.25) is 9.52 Å². The van der Waals surface area contributed by atoms with Crippen molar-refractivity contribution >= 4 is 28.7 Å². The van der Waals surface area contributed by atoms with Crippen molar-refractivity contribution < 1.29 is 9.00 Å². The van der Waals surface area contributed by atoms with E-state index in [0.717, 1.165) is 6.42 Å². The summed E-state index contributed by atoms with van der Waals surface area (Å²) in [6.07, 6.45) is 1.38. The highest BCUT2D eigenvalue weighted by Crippen LogP contribution is 2.19. The molecule has 0 spiro atoms. The number of hydrogen-bond acceptors (Lipinski definition) is 3. The first-order chi connectivity index (χ1) is 5.77. The molecular weight excluding hydrogens is 194 g/mol. The molecule has 0 saturated carbocycles. The lowest BCUT2D eigenvalue weighted by molar-refractivity contribution is -0.108. The Bertz CT molecular complexity index is 295. The molecule has 0 aliphatic heterocycles. The molecule has 0 saturated heterocycles. The van der Waals surface area contributed by atoms with Crippen LogP contribution in [0.25, 0.3) is 0 Å². The van der Waals surface area contributed by atoms with Gasteiger partial charge in [-0.1, -0.05) is 6.92 Å². The first kappa shape index (κ1) is 9.41. The highest BCUT2D eigenvalue weighted by atomic mass is 32.2. The molecule has 0 fully saturated rings. The van der Waals surface area contributed by atoms with E-state index in [1.807, 2.05) is 13.0 Å². The third-order valence-corrected chi connectivity index (χ3v) is 3.86. The Morgan fingerprint density at radius 1 is 1.67 bits per heavy atom. The van der Waals surface area contributed by atoms with E-state index in [-0.39, 0.29) is 0 Å². The van der Waals surface area contributed by atoms with Crippen LogP contribution in [0.5, 0.6) is 0 Å². The second-order valence-electron chi connectivity index (χ2n) is 2.08. The summed E-state index contributed by atoms with van der Waals surface area (Å²) >= 11 is 1.46. The number of aryl methyl sites for hydroxylation is 1. The number of thiophene rings is 1. The molecule has 5 heteroatoms. The first-order valence-corrected chi connectivity index (χ1v) is 5.45. The van der Waals surface area contributed by atoms with Crippen molar-refractivity contribution in [3.05, 3.63) is 17.0 Å². The van der Waals surface area contributed by atoms with Crippen LogP contribution < -0.4 is 4.72 Å². The molecule has 1 N–H and O–H groups in total. The predicted octanol–water partition coefficient (Wildman–Crippen LogP) is 1.08. The van der Waals surface area contributed by atoms with Gasteiger partial charge in [-0.25, -0.2) is 4.21 Å². The number of nitrogens with one attached hydrogen (secondary N) is 1. The molecule has 0 bridgehead atoms. The minimum atomic E-state index is -1.36. The largest absolute Gasteiger partial charge is 0.278 e. The van der Waals surface area contributed by atoms with Crippen LogP contribution in [0, 0.1) is 0 Å². The molecule has 0 aliphatic carbocycles. The van der Waals surface area contributed by atoms with E-state index in [1.54, 1.807) is 6.07 Å². The van der Waals surface area contributed by atoms with Gasteiger partial charge in [-0.15, -0.1) is 11.3 Å². The molecular formula is C7H9NO2S2. The van der Waals surface area contributed by atoms with Crippen LogP contribution in [0.1, 0.15) is 11.8 Å². The SMILES string of the molecule is CCc1ccc(S(=O)NC=O)s1. The van der Waals surface area contributed by atoms with Crippen molar-refractivity contribution in [2.24, 2.45) is 0 Å². The average Bonchev–Trinajstić information content (AvgIpc) is 2.52. The maximum absolute atomic E-state index is 11.2. The summed E-state index contributed by atoms with van der Waals surface area (Å²) in [6.45, 7) is 2.03. The topological polar surface area (TPSA) is 46.2 Å². The van der Waals surface area contributed by atoms with Gasteiger partial charge in [0.25, 0.3) is 0 Å². The first-order valence-electron chi connectivity index (χ1n) is 3.48. The van der Waals surface area contributed by atoms with Gasteiger partial charge in [0, 0.05) is 4.88 Å². The van der Waals surface area contributed by atoms with E-state index < -0.39 is 11.0 Å². The van der Waals surface area contributed by atoms with Crippen LogP contribution >= 0.6 is 11.3 Å². The van der Waals surface area contributed by atoms with E-state index in [1.165, 1.54) is 16.2 Å². The van der Waals surface area contributed by atoms with Crippen molar-refractivity contribution in [2.75, 3.05) is 0 Å². The van der Waals surface area contributed by atoms with E-state index >= 15 is 0 Å². The van der Waals surface area contributed by atoms with Crippen LogP contribution in [0.2, 0.25) is 0 Å². The monoisotopic (exact) mass is 203 g/mol. The van der Waals surface area contributed by atoms with Crippen molar-refractivity contribution in [2.45, 2.75) is 17.6 Å². The van der Waals surface area contributed by atoms with E-state index in [4.69, 9.17) is 0 Å². The average molecular weight is 203 g/mol. The fraction of sp³-hybridized carbons (Fsp3) is 0.286. The molecule has 0 aliphatic rings. The number of carbonyl (C=O) groups is 1. The zero-order valence-corrected chi connectivity index (χ0v) is 8.21. The van der Waals surface area contributed by atoms with E-state index in [2.05, 4.69) is 4.72 Å². The number of hydrogen-bond donors (Lipinski definition) is 1. The number of amides is 1. The second kappa shape index (κ2) is 4.37. The van der Waals surface area contributed by atoms with Gasteiger partial charge in [-0.05, 0) is 18.6 Å². The summed E-state index contributed by atoms with van der Waals surface area (Å²) in [5.41, 5.74) is 0. The lowest BCUT2D eigenvalue weighted by Gasteiger charge is -1.92. The van der Waals surface area contributed by atoms with Crippen LogP contribution in [0.4, 0.5) is 0 Å². The smallest absolute Gasteiger partial charge is 0.219 e. The Morgan fingerprint density at radius 2 is 2.42 bits per heavy atom. The molecule has 1 aromatic heterocycles. The van der Waals surface area contributed by atoms with Gasteiger partial charge < -0.3 is 0 Å². The lowest BCUT2D eigenvalue weighted by atomic mass is 10.4. The Balaban J connectivity index is 2.74. The van der Waals surface area contributed by atoms with Crippen LogP contribution in [0.3, 0.4) is 0 Å². The number of rotatable bonds is 4. The van der Waals surface area contributed by atoms with Gasteiger partial charge >= 0.3 is 0 Å². The highest BCUT2D eigenvalue weighted by molar-refractivity contribution is 7.85. The van der Waals surface area contributed by atoms with Crippen LogP contribution in [-0.2, 0) is 22.2 Å². The molecule has 12 heavy (non-hydrogen) atoms. The van der Waals surface area contributed by atoms with Crippen molar-refractivity contribution in [1.29, 1.82) is 0 Å². The molecule has 1 amide bonds. The van der Waals surface area contributed by atoms with E-state index in [9.17, 15) is 9.00 Å². The van der Waals surface area contributed by atoms with Crippen molar-refractivity contribution in [1.82, 2.24) is 4.72 Å². The minimum Gasteiger partial charge on any atom is -0.278 e. The molecule has 1 rings (SSSR count). The lowest BCUT2D eigenvalue weighted by Crippen LogP contribution is -2.13. The molecule has 1 atom stereocenters. The Labute approximate surface area is 77.4 Å². The maximum Gasteiger partial charge on any atom is 0.219 e. The van der Waals surface area contributed by atoms with Crippen molar-refractivity contribution in [3.63, 3.8) is 0 Å². The summed E-state index contributed by atoms with van der Waals surface area (Å²) < 4.78 is 14.0. The molecule has 1 aromatic rings. The van der Waals surface area contributed by atoms with Gasteiger partial charge in [0.1, 0.15) is 4.21 Å². The maximum atomic E-state index is 11.2. The van der Waals surface area contributed by atoms with Gasteiger partial charge in [0.05, 0.1) is 0 Å². The third kappa shape index (κ3) is 2.15. The highest BCUT2D eigenvalue weighted by Gasteiger charge is 2.04. The Morgan fingerprint density at radius 3 is 2.92 bits per heavy atom. The van der Waals surface area contributed by atoms with E-state index in [0.29, 0.717) is 10.6 Å². The molecule has 0 radical (unpaired) electrons. The normalized spacial score (nSPS) is 12.4. The second-order valence-corrected chi connectivity index (χ2v) is 4.72. The fourth-order valence-electron chi connectivity index (χ4n) is 0.750. The predicted molar refractivity (Wildman–Crippen MR) is 49.3 cm³/mol. The summed E-state index contributed by atoms with van der Waals surface area (Å²) in [6, 6.07) is 3.69. The molecule has 3 nitrogen and oxygen atoms in total. The summed E-state index contributed by atoms with van der Waals surface area (Å²) in [5.74, 6) is 0. The summed E-state index contributed by atoms with van der Waals surface area (Å²) in [7, 11) is -1.36. The standard InChI is InChI=1S/C7H9NO2S2/c1-2-6-3-4-7(11-6)12(10)8-5-9/h3-5H,2H2,1H3,(H,8,9). The molecule has 1 heterocycles. The van der Waals surface area contributed by atoms with Crippen molar-refractivity contribution in [3.8, 4) is 0 Å². The van der Waals surface area contributed by atoms with Crippen LogP contribution in [0.15, 0.2) is 16.3 Å². The van der Waals surface area contributed by atoms with Gasteiger partial charge in [0.15, 0.2) is 11.0 Å². The van der Waals surface area contributed by atoms with Crippen LogP contribution in [-0.4, -0.2) is 10.6 Å². The molecule has 66 valence electrons. The quantitative estimate of drug-likeness (QED) is 0.744. The fourth-order valence-corrected chi connectivity index (χ4v) is 2.59. The van der Waals surface area contributed by atoms with Gasteiger partial charge in [0.2, 0.25) is 6.41 Å². The summed E-state index contributed by atoms with van der Waals surface area (Å²) in [4.78, 5) is 11.1. The summed E-state index contributed by atoms with van der Waals surface area (Å²) in [5, 5.41) is 0. The minimum absolute atomic E-state index is 0.446. The van der Waals surface area contributed by atoms with Gasteiger partial charge in [-0.2, -0.15) is 0 Å². The third-order valence-electron chi connectivity index (χ3n) is 1.32. The molecule has 0 aromatic carbocycles. The Hall–Kier alpha value is -0.680. The molecule has 1 unspecified atom stereocenters. The Kier molecular flexibility index (Phi) is 3.43. The zero-order valence-electron chi connectivity index (χ0n) is 6.57. The number of carbonyl (C=O) groups excluding carboxylic acids is 1. The zero-order chi connectivity index (χ0) is 8.97.